The molecular weight excluding hydrogens is 345 g/mol. The second-order valence-electron chi connectivity index (χ2n) is 6.16. The Hall–Kier alpha value is -1.68. The zero-order valence-corrected chi connectivity index (χ0v) is 14.3. The molecule has 0 aliphatic heterocycles. The summed E-state index contributed by atoms with van der Waals surface area (Å²) >= 11 is 3.42. The maximum atomic E-state index is 13.1. The van der Waals surface area contributed by atoms with E-state index in [1.54, 1.807) is 6.07 Å². The maximum Gasteiger partial charge on any atom is 0.251 e. The molecule has 0 bridgehead atoms. The van der Waals surface area contributed by atoms with Crippen LogP contribution in [0.2, 0.25) is 0 Å². The normalized spacial score (nSPS) is 11.3. The van der Waals surface area contributed by atoms with Crippen LogP contribution in [0.3, 0.4) is 0 Å². The largest absolute Gasteiger partial charge is 0.351 e. The number of benzene rings is 2. The number of hydrogen-bond donors (Lipinski definition) is 1. The van der Waals surface area contributed by atoms with E-state index < -0.39 is 5.82 Å². The summed E-state index contributed by atoms with van der Waals surface area (Å²) < 4.78 is 14.2. The first kappa shape index (κ1) is 16.7. The summed E-state index contributed by atoms with van der Waals surface area (Å²) in [5.74, 6) is -0.648. The van der Waals surface area contributed by atoms with Crippen LogP contribution in [0.1, 0.15) is 29.8 Å². The van der Waals surface area contributed by atoms with E-state index in [0.717, 1.165) is 10.9 Å². The number of carbonyl (C=O) groups excluding carboxylic acids is 1. The quantitative estimate of drug-likeness (QED) is 0.826. The minimum absolute atomic E-state index is 0.0865. The average Bonchev–Trinajstić information content (AvgIpc) is 2.47. The Bertz CT molecular complexity index is 652. The third kappa shape index (κ3) is 4.95. The van der Waals surface area contributed by atoms with Gasteiger partial charge in [-0.15, -0.1) is 0 Å². The molecule has 0 atom stereocenters. The van der Waals surface area contributed by atoms with Crippen molar-refractivity contribution >= 4 is 21.8 Å². The zero-order valence-electron chi connectivity index (χ0n) is 12.7. The molecule has 2 aromatic rings. The Morgan fingerprint density at radius 3 is 2.50 bits per heavy atom. The van der Waals surface area contributed by atoms with Crippen molar-refractivity contribution in [2.24, 2.45) is 5.41 Å². The number of amides is 1. The smallest absolute Gasteiger partial charge is 0.251 e. The van der Waals surface area contributed by atoms with Crippen LogP contribution in [0, 0.1) is 11.2 Å². The van der Waals surface area contributed by atoms with Crippen molar-refractivity contribution in [3.05, 3.63) is 69.9 Å². The summed E-state index contributed by atoms with van der Waals surface area (Å²) in [7, 11) is 0. The minimum atomic E-state index is -0.401. The molecule has 2 aromatic carbocycles. The fraction of sp³-hybridized carbons (Fsp3) is 0.278. The molecule has 116 valence electrons. The second kappa shape index (κ2) is 7.05. The summed E-state index contributed by atoms with van der Waals surface area (Å²) in [5.41, 5.74) is 1.48. The van der Waals surface area contributed by atoms with Crippen LogP contribution in [-0.4, -0.2) is 12.5 Å². The topological polar surface area (TPSA) is 29.1 Å². The van der Waals surface area contributed by atoms with Gasteiger partial charge in [0.05, 0.1) is 0 Å². The Kier molecular flexibility index (Phi) is 5.35. The molecule has 0 aromatic heterocycles. The van der Waals surface area contributed by atoms with E-state index in [1.807, 2.05) is 12.1 Å². The fourth-order valence-electron chi connectivity index (χ4n) is 2.27. The van der Waals surface area contributed by atoms with E-state index in [-0.39, 0.29) is 11.3 Å². The molecule has 2 nitrogen and oxygen atoms in total. The van der Waals surface area contributed by atoms with Gasteiger partial charge in [0.2, 0.25) is 0 Å². The van der Waals surface area contributed by atoms with Gasteiger partial charge in [-0.2, -0.15) is 0 Å². The van der Waals surface area contributed by atoms with Crippen LogP contribution in [0.15, 0.2) is 53.0 Å². The van der Waals surface area contributed by atoms with Gasteiger partial charge in [-0.1, -0.05) is 48.0 Å². The molecule has 2 rings (SSSR count). The number of hydrogen-bond acceptors (Lipinski definition) is 1. The zero-order chi connectivity index (χ0) is 16.2. The lowest BCUT2D eigenvalue weighted by Crippen LogP contribution is -2.35. The van der Waals surface area contributed by atoms with Gasteiger partial charge in [-0.25, -0.2) is 4.39 Å². The number of rotatable bonds is 5. The predicted octanol–water partition coefficient (Wildman–Crippen LogP) is 4.59. The van der Waals surface area contributed by atoms with Crippen molar-refractivity contribution in [3.63, 3.8) is 0 Å². The molecule has 0 heterocycles. The van der Waals surface area contributed by atoms with Gasteiger partial charge < -0.3 is 5.32 Å². The second-order valence-corrected chi connectivity index (χ2v) is 7.08. The molecule has 0 aliphatic rings. The Morgan fingerprint density at radius 1 is 1.18 bits per heavy atom. The lowest BCUT2D eigenvalue weighted by Gasteiger charge is -2.25. The number of nitrogens with one attached hydrogen (secondary N) is 1. The van der Waals surface area contributed by atoms with Crippen LogP contribution < -0.4 is 5.32 Å². The van der Waals surface area contributed by atoms with Crippen LogP contribution in [-0.2, 0) is 6.42 Å². The van der Waals surface area contributed by atoms with Gasteiger partial charge in [0.1, 0.15) is 5.82 Å². The van der Waals surface area contributed by atoms with Crippen molar-refractivity contribution in [1.82, 2.24) is 5.32 Å². The van der Waals surface area contributed by atoms with E-state index in [9.17, 15) is 9.18 Å². The third-order valence-corrected chi connectivity index (χ3v) is 3.94. The number of carbonyl (C=O) groups is 1. The van der Waals surface area contributed by atoms with Gasteiger partial charge in [-0.05, 0) is 47.7 Å². The molecular formula is C18H19BrFNO. The predicted molar refractivity (Wildman–Crippen MR) is 90.4 cm³/mol. The van der Waals surface area contributed by atoms with Crippen LogP contribution >= 0.6 is 15.9 Å². The molecule has 0 saturated carbocycles. The van der Waals surface area contributed by atoms with E-state index in [1.165, 1.54) is 23.8 Å². The molecule has 22 heavy (non-hydrogen) atoms. The van der Waals surface area contributed by atoms with E-state index >= 15 is 0 Å². The monoisotopic (exact) mass is 363 g/mol. The minimum Gasteiger partial charge on any atom is -0.351 e. The van der Waals surface area contributed by atoms with Crippen molar-refractivity contribution < 1.29 is 9.18 Å². The van der Waals surface area contributed by atoms with E-state index in [2.05, 4.69) is 47.2 Å². The third-order valence-electron chi connectivity index (χ3n) is 3.41. The SMILES string of the molecule is CC(C)(CNC(=O)c1cccc(F)c1)Cc1ccc(Br)cc1. The van der Waals surface area contributed by atoms with Crippen molar-refractivity contribution in [2.45, 2.75) is 20.3 Å². The van der Waals surface area contributed by atoms with Crippen LogP contribution in [0.5, 0.6) is 0 Å². The summed E-state index contributed by atoms with van der Waals surface area (Å²) in [6, 6.07) is 13.9. The highest BCUT2D eigenvalue weighted by Crippen LogP contribution is 2.22. The first-order valence-corrected chi connectivity index (χ1v) is 7.93. The van der Waals surface area contributed by atoms with Gasteiger partial charge in [-0.3, -0.25) is 4.79 Å². The Balaban J connectivity index is 1.94. The Labute approximate surface area is 138 Å². The first-order chi connectivity index (χ1) is 10.4. The van der Waals surface area contributed by atoms with Crippen molar-refractivity contribution in [3.8, 4) is 0 Å². The van der Waals surface area contributed by atoms with Crippen molar-refractivity contribution in [1.29, 1.82) is 0 Å². The van der Waals surface area contributed by atoms with E-state index in [4.69, 9.17) is 0 Å². The summed E-state index contributed by atoms with van der Waals surface area (Å²) in [4.78, 5) is 12.1. The molecule has 0 spiro atoms. The summed E-state index contributed by atoms with van der Waals surface area (Å²) in [6.45, 7) is 4.72. The number of halogens is 2. The molecule has 1 amide bonds. The average molecular weight is 364 g/mol. The molecule has 0 aliphatic carbocycles. The van der Waals surface area contributed by atoms with Gasteiger partial charge in [0.25, 0.3) is 5.91 Å². The molecule has 0 unspecified atom stereocenters. The van der Waals surface area contributed by atoms with Crippen molar-refractivity contribution in [2.75, 3.05) is 6.54 Å². The van der Waals surface area contributed by atoms with Crippen LogP contribution in [0.4, 0.5) is 4.39 Å². The molecule has 0 radical (unpaired) electrons. The summed E-state index contributed by atoms with van der Waals surface area (Å²) in [6.07, 6.45) is 0.851. The highest BCUT2D eigenvalue weighted by molar-refractivity contribution is 9.10. The lowest BCUT2D eigenvalue weighted by molar-refractivity contribution is 0.0936. The maximum absolute atomic E-state index is 13.1. The highest BCUT2D eigenvalue weighted by atomic mass is 79.9. The molecule has 0 fully saturated rings. The van der Waals surface area contributed by atoms with Crippen LogP contribution in [0.25, 0.3) is 0 Å². The van der Waals surface area contributed by atoms with Gasteiger partial charge in [0, 0.05) is 16.6 Å². The van der Waals surface area contributed by atoms with Gasteiger partial charge in [0.15, 0.2) is 0 Å². The molecule has 1 N–H and O–H groups in total. The Morgan fingerprint density at radius 2 is 1.86 bits per heavy atom. The highest BCUT2D eigenvalue weighted by Gasteiger charge is 2.20. The van der Waals surface area contributed by atoms with Gasteiger partial charge >= 0.3 is 0 Å². The standard InChI is InChI=1S/C18H19BrFNO/c1-18(2,11-13-6-8-15(19)9-7-13)12-21-17(22)14-4-3-5-16(20)10-14/h3-10H,11-12H2,1-2H3,(H,21,22). The molecule has 4 heteroatoms. The first-order valence-electron chi connectivity index (χ1n) is 7.14. The van der Waals surface area contributed by atoms with E-state index in [0.29, 0.717) is 12.1 Å². The lowest BCUT2D eigenvalue weighted by atomic mass is 9.85. The molecule has 0 saturated heterocycles. The summed E-state index contributed by atoms with van der Waals surface area (Å²) in [5, 5.41) is 2.88. The fourth-order valence-corrected chi connectivity index (χ4v) is 2.53.